The van der Waals surface area contributed by atoms with E-state index in [1.807, 2.05) is 0 Å². The quantitative estimate of drug-likeness (QED) is 0.478. The topological polar surface area (TPSA) is 94.8 Å². The average molecular weight is 190 g/mol. The van der Waals surface area contributed by atoms with E-state index in [1.54, 1.807) is 0 Å². The molecule has 0 saturated heterocycles. The maximum absolute atomic E-state index is 9.77. The molecular formula is C3H12O5P2. The molecule has 0 aromatic carbocycles. The molecule has 0 aromatic rings. The van der Waals surface area contributed by atoms with Gasteiger partial charge in [0.15, 0.2) is 7.37 Å². The summed E-state index contributed by atoms with van der Waals surface area (Å²) in [5.41, 5.74) is 0. The van der Waals surface area contributed by atoms with E-state index in [-0.39, 0.29) is 0 Å². The third kappa shape index (κ3) is 3890. The van der Waals surface area contributed by atoms with Crippen molar-refractivity contribution >= 4 is 15.0 Å². The zero-order valence-electron chi connectivity index (χ0n) is 6.05. The molecule has 0 aliphatic heterocycles. The van der Waals surface area contributed by atoms with Crippen LogP contribution in [0.3, 0.4) is 0 Å². The molecule has 64 valence electrons. The normalized spacial score (nSPS) is 11.8. The van der Waals surface area contributed by atoms with Crippen LogP contribution in [0, 0.1) is 0 Å². The number of hydrogen-bond donors (Lipinski definition) is 3. The smallest absolute Gasteiger partial charge is 0.322 e. The summed E-state index contributed by atoms with van der Waals surface area (Å²) >= 11 is 0. The van der Waals surface area contributed by atoms with Gasteiger partial charge < -0.3 is 14.7 Å². The van der Waals surface area contributed by atoms with Gasteiger partial charge in [-0.1, -0.05) is 0 Å². The minimum Gasteiger partial charge on any atom is -0.345 e. The van der Waals surface area contributed by atoms with Gasteiger partial charge in [-0.05, 0) is 0 Å². The Bertz CT molecular complexity index is 127. The minimum atomic E-state index is -3.64. The van der Waals surface area contributed by atoms with Crippen LogP contribution in [-0.2, 0) is 9.13 Å². The molecule has 5 nitrogen and oxygen atoms in total. The Kier molecular flexibility index (Phi) is 5.53. The van der Waals surface area contributed by atoms with Gasteiger partial charge in [-0.3, -0.25) is 9.13 Å². The highest BCUT2D eigenvalue weighted by Crippen LogP contribution is 2.27. The largest absolute Gasteiger partial charge is 0.345 e. The molecule has 0 heterocycles. The summed E-state index contributed by atoms with van der Waals surface area (Å²) in [4.78, 5) is 23.3. The lowest BCUT2D eigenvalue weighted by atomic mass is 11.9. The lowest BCUT2D eigenvalue weighted by molar-refractivity contribution is 0.381. The van der Waals surface area contributed by atoms with Crippen LogP contribution in [0.4, 0.5) is 0 Å². The molecule has 0 unspecified atom stereocenters. The second kappa shape index (κ2) is 4.27. The van der Waals surface area contributed by atoms with E-state index in [0.29, 0.717) is 0 Å². The molecule has 3 N–H and O–H groups in total. The van der Waals surface area contributed by atoms with Crippen LogP contribution in [-0.4, -0.2) is 34.7 Å². The van der Waals surface area contributed by atoms with E-state index >= 15 is 0 Å². The van der Waals surface area contributed by atoms with Gasteiger partial charge >= 0.3 is 7.60 Å². The summed E-state index contributed by atoms with van der Waals surface area (Å²) in [6, 6.07) is 0. The van der Waals surface area contributed by atoms with Crippen molar-refractivity contribution in [2.24, 2.45) is 0 Å². The van der Waals surface area contributed by atoms with Crippen molar-refractivity contribution in [2.75, 3.05) is 20.0 Å². The molecule has 0 radical (unpaired) electrons. The standard InChI is InChI=1S/C2H7O2P.CH5O3P/c2*1-5(2,3)4/h1-2H3,(H,3,4);1H3,(H2,2,3,4). The van der Waals surface area contributed by atoms with Crippen molar-refractivity contribution in [1.82, 2.24) is 0 Å². The van der Waals surface area contributed by atoms with Gasteiger partial charge in [0.05, 0.1) is 0 Å². The highest BCUT2D eigenvalue weighted by Gasteiger charge is 1.95. The molecule has 7 heteroatoms. The Labute approximate surface area is 59.7 Å². The van der Waals surface area contributed by atoms with Gasteiger partial charge in [-0.15, -0.1) is 0 Å². The van der Waals surface area contributed by atoms with Crippen molar-refractivity contribution in [3.8, 4) is 0 Å². The predicted molar refractivity (Wildman–Crippen MR) is 39.6 cm³/mol. The van der Waals surface area contributed by atoms with Crippen molar-refractivity contribution in [3.63, 3.8) is 0 Å². The van der Waals surface area contributed by atoms with Crippen LogP contribution >= 0.6 is 15.0 Å². The van der Waals surface area contributed by atoms with Crippen LogP contribution < -0.4 is 0 Å². The van der Waals surface area contributed by atoms with Crippen molar-refractivity contribution in [3.05, 3.63) is 0 Å². The zero-order valence-corrected chi connectivity index (χ0v) is 7.84. The first-order chi connectivity index (χ1) is 4.00. The van der Waals surface area contributed by atoms with Crippen LogP contribution in [0.5, 0.6) is 0 Å². The lowest BCUT2D eigenvalue weighted by Gasteiger charge is -1.86. The third-order valence-corrected chi connectivity index (χ3v) is 0. The highest BCUT2D eigenvalue weighted by atomic mass is 31.2. The molecule has 0 fully saturated rings. The molecule has 0 aliphatic carbocycles. The maximum Gasteiger partial charge on any atom is 0.322 e. The second-order valence-electron chi connectivity index (χ2n) is 2.13. The van der Waals surface area contributed by atoms with Crippen molar-refractivity contribution in [2.45, 2.75) is 0 Å². The van der Waals surface area contributed by atoms with E-state index in [2.05, 4.69) is 0 Å². The van der Waals surface area contributed by atoms with E-state index in [4.69, 9.17) is 14.7 Å². The van der Waals surface area contributed by atoms with Crippen molar-refractivity contribution < 1.29 is 23.8 Å². The fraction of sp³-hybridized carbons (Fsp3) is 1.00. The first-order valence-electron chi connectivity index (χ1n) is 2.31. The lowest BCUT2D eigenvalue weighted by Crippen LogP contribution is -1.64. The molecule has 0 saturated carbocycles. The fourth-order valence-corrected chi connectivity index (χ4v) is 0. The van der Waals surface area contributed by atoms with Crippen LogP contribution in [0.15, 0.2) is 0 Å². The molecular weight excluding hydrogens is 178 g/mol. The summed E-state index contributed by atoms with van der Waals surface area (Å²) in [6.07, 6.45) is 0. The third-order valence-electron chi connectivity index (χ3n) is 0. The molecule has 0 rings (SSSR count). The fourth-order valence-electron chi connectivity index (χ4n) is 0. The summed E-state index contributed by atoms with van der Waals surface area (Å²) < 4.78 is 19.1. The van der Waals surface area contributed by atoms with Gasteiger partial charge in [0.1, 0.15) is 0 Å². The van der Waals surface area contributed by atoms with Gasteiger partial charge in [0.2, 0.25) is 0 Å². The van der Waals surface area contributed by atoms with E-state index in [9.17, 15) is 9.13 Å². The second-order valence-corrected chi connectivity index (χ2v) is 6.39. The van der Waals surface area contributed by atoms with Crippen LogP contribution in [0.25, 0.3) is 0 Å². The first-order valence-corrected chi connectivity index (χ1v) is 6.92. The Morgan fingerprint density at radius 1 is 0.900 bits per heavy atom. The molecule has 0 atom stereocenters. The monoisotopic (exact) mass is 190 g/mol. The summed E-state index contributed by atoms with van der Waals surface area (Å²) in [7, 11) is -6.28. The van der Waals surface area contributed by atoms with E-state index < -0.39 is 15.0 Å². The molecule has 0 aliphatic rings. The average Bonchev–Trinajstić information content (AvgIpc) is 1.12. The SMILES string of the molecule is CP(=O)(O)O.CP(C)(=O)O. The van der Waals surface area contributed by atoms with Crippen LogP contribution in [0.1, 0.15) is 0 Å². The predicted octanol–water partition coefficient (Wildman–Crippen LogP) is 0.310. The summed E-state index contributed by atoms with van der Waals surface area (Å²) in [6.45, 7) is 3.45. The van der Waals surface area contributed by atoms with Gasteiger partial charge in [-0.25, -0.2) is 0 Å². The van der Waals surface area contributed by atoms with Crippen LogP contribution in [0.2, 0.25) is 0 Å². The molecule has 0 amide bonds. The van der Waals surface area contributed by atoms with Crippen molar-refractivity contribution in [1.29, 1.82) is 0 Å². The Morgan fingerprint density at radius 2 is 0.900 bits per heavy atom. The number of rotatable bonds is 0. The molecule has 0 aromatic heterocycles. The van der Waals surface area contributed by atoms with Gasteiger partial charge in [-0.2, -0.15) is 0 Å². The van der Waals surface area contributed by atoms with Gasteiger partial charge in [0, 0.05) is 20.0 Å². The first kappa shape index (κ1) is 13.0. The Hall–Kier alpha value is 0.340. The molecule has 0 spiro atoms. The Morgan fingerprint density at radius 3 is 0.900 bits per heavy atom. The zero-order chi connectivity index (χ0) is 9.00. The summed E-state index contributed by atoms with van der Waals surface area (Å²) in [5.74, 6) is 0. The molecule has 0 bridgehead atoms. The summed E-state index contributed by atoms with van der Waals surface area (Å²) in [5, 5.41) is 0. The maximum atomic E-state index is 9.77. The van der Waals surface area contributed by atoms with E-state index in [0.717, 1.165) is 6.66 Å². The highest BCUT2D eigenvalue weighted by molar-refractivity contribution is 7.56. The Balaban J connectivity index is 0. The molecule has 10 heavy (non-hydrogen) atoms. The van der Waals surface area contributed by atoms with Gasteiger partial charge in [0.25, 0.3) is 0 Å². The number of hydrogen-bond acceptors (Lipinski definition) is 2. The van der Waals surface area contributed by atoms with E-state index in [1.165, 1.54) is 13.3 Å². The minimum absolute atomic E-state index is 0.854.